The van der Waals surface area contributed by atoms with Crippen LogP contribution in [0.3, 0.4) is 0 Å². The molecular formula is C23H25FN4O5S. The number of amides is 2. The van der Waals surface area contributed by atoms with Crippen LogP contribution in [0, 0.1) is 5.82 Å². The molecule has 34 heavy (non-hydrogen) atoms. The minimum absolute atomic E-state index is 0.00104. The fourth-order valence-electron chi connectivity index (χ4n) is 4.72. The highest BCUT2D eigenvalue weighted by molar-refractivity contribution is 7.89. The highest BCUT2D eigenvalue weighted by Gasteiger charge is 2.42. The van der Waals surface area contributed by atoms with Crippen molar-refractivity contribution in [1.82, 2.24) is 9.21 Å². The summed E-state index contributed by atoms with van der Waals surface area (Å²) in [4.78, 5) is 28.5. The van der Waals surface area contributed by atoms with Crippen molar-refractivity contribution in [1.29, 1.82) is 0 Å². The molecule has 0 aromatic heterocycles. The highest BCUT2D eigenvalue weighted by Crippen LogP contribution is 2.34. The number of carbonyl (C=O) groups is 2. The van der Waals surface area contributed by atoms with Gasteiger partial charge in [0.2, 0.25) is 15.9 Å². The third-order valence-electron chi connectivity index (χ3n) is 6.46. The van der Waals surface area contributed by atoms with Gasteiger partial charge < -0.3 is 19.9 Å². The predicted molar refractivity (Wildman–Crippen MR) is 123 cm³/mol. The van der Waals surface area contributed by atoms with Crippen molar-refractivity contribution >= 4 is 33.2 Å². The first-order chi connectivity index (χ1) is 16.3. The zero-order valence-corrected chi connectivity index (χ0v) is 19.3. The van der Waals surface area contributed by atoms with Crippen LogP contribution in [-0.2, 0) is 19.6 Å². The number of halogens is 1. The second kappa shape index (κ2) is 8.88. The molecule has 2 amide bonds. The molecule has 1 N–H and O–H groups in total. The van der Waals surface area contributed by atoms with Crippen LogP contribution in [0.15, 0.2) is 47.4 Å². The van der Waals surface area contributed by atoms with Crippen LogP contribution in [-0.4, -0.2) is 74.8 Å². The Bertz CT molecular complexity index is 1230. The van der Waals surface area contributed by atoms with Gasteiger partial charge in [0.25, 0.3) is 5.91 Å². The minimum atomic E-state index is -3.96. The molecule has 0 bridgehead atoms. The van der Waals surface area contributed by atoms with Crippen LogP contribution in [0.2, 0.25) is 0 Å². The number of nitrogens with zero attached hydrogens (tertiary/aromatic N) is 3. The van der Waals surface area contributed by atoms with E-state index in [1.807, 2.05) is 4.90 Å². The Hall–Kier alpha value is -3.18. The van der Waals surface area contributed by atoms with E-state index in [1.165, 1.54) is 28.6 Å². The Morgan fingerprint density at radius 1 is 1.06 bits per heavy atom. The third kappa shape index (κ3) is 4.09. The highest BCUT2D eigenvalue weighted by atomic mass is 32.2. The Labute approximate surface area is 197 Å². The van der Waals surface area contributed by atoms with Crippen LogP contribution >= 0.6 is 0 Å². The minimum Gasteiger partial charge on any atom is -0.482 e. The van der Waals surface area contributed by atoms with Crippen LogP contribution in [0.4, 0.5) is 15.8 Å². The van der Waals surface area contributed by atoms with Crippen molar-refractivity contribution in [3.63, 3.8) is 0 Å². The van der Waals surface area contributed by atoms with E-state index in [1.54, 1.807) is 23.1 Å². The van der Waals surface area contributed by atoms with Gasteiger partial charge in [-0.05, 0) is 43.2 Å². The van der Waals surface area contributed by atoms with Crippen molar-refractivity contribution in [3.05, 3.63) is 48.3 Å². The second-order valence-electron chi connectivity index (χ2n) is 8.53. The summed E-state index contributed by atoms with van der Waals surface area (Å²) < 4.78 is 47.5. The van der Waals surface area contributed by atoms with Crippen LogP contribution in [0.1, 0.15) is 12.8 Å². The van der Waals surface area contributed by atoms with Crippen molar-refractivity contribution in [2.75, 3.05) is 49.5 Å². The maximum absolute atomic E-state index is 14.1. The predicted octanol–water partition coefficient (Wildman–Crippen LogP) is 1.66. The van der Waals surface area contributed by atoms with E-state index in [4.69, 9.17) is 4.74 Å². The third-order valence-corrected chi connectivity index (χ3v) is 8.37. The van der Waals surface area contributed by atoms with Gasteiger partial charge in [0.05, 0.1) is 16.3 Å². The number of rotatable bonds is 4. The molecule has 2 aromatic rings. The van der Waals surface area contributed by atoms with E-state index in [9.17, 15) is 22.4 Å². The lowest BCUT2D eigenvalue weighted by Gasteiger charge is -2.38. The smallest absolute Gasteiger partial charge is 0.262 e. The Balaban J connectivity index is 1.30. The van der Waals surface area contributed by atoms with Gasteiger partial charge in [-0.15, -0.1) is 0 Å². The van der Waals surface area contributed by atoms with Gasteiger partial charge in [-0.25, -0.2) is 12.8 Å². The summed E-state index contributed by atoms with van der Waals surface area (Å²) in [6, 6.07) is 10.1. The number of ether oxygens (including phenoxy) is 1. The lowest BCUT2D eigenvalue weighted by Crippen LogP contribution is -2.54. The van der Waals surface area contributed by atoms with Crippen LogP contribution < -0.4 is 15.0 Å². The summed E-state index contributed by atoms with van der Waals surface area (Å²) in [5.41, 5.74) is 0.798. The number of nitrogens with one attached hydrogen (secondary N) is 1. The summed E-state index contributed by atoms with van der Waals surface area (Å²) >= 11 is 0. The zero-order valence-electron chi connectivity index (χ0n) is 18.4. The molecule has 3 aliphatic rings. The average Bonchev–Trinajstić information content (AvgIpc) is 3.34. The number of carbonyl (C=O) groups excluding carboxylic acids is 2. The van der Waals surface area contributed by atoms with Crippen molar-refractivity contribution in [2.45, 2.75) is 23.8 Å². The molecule has 3 aliphatic heterocycles. The van der Waals surface area contributed by atoms with Gasteiger partial charge in [-0.3, -0.25) is 9.59 Å². The summed E-state index contributed by atoms with van der Waals surface area (Å²) in [5.74, 6) is -0.489. The SMILES string of the molecule is O=C1COc2ccc(S(=O)(=O)N3CCCC3C(=O)N3CCN(c4ccccc4F)CC3)cc2N1. The summed E-state index contributed by atoms with van der Waals surface area (Å²) in [6.07, 6.45) is 1.02. The first kappa shape index (κ1) is 22.6. The van der Waals surface area contributed by atoms with Gasteiger partial charge in [0, 0.05) is 32.7 Å². The number of piperazine rings is 1. The Morgan fingerprint density at radius 3 is 2.59 bits per heavy atom. The van der Waals surface area contributed by atoms with Gasteiger partial charge in [-0.2, -0.15) is 4.31 Å². The molecule has 1 unspecified atom stereocenters. The normalized spacial score (nSPS) is 21.1. The van der Waals surface area contributed by atoms with Gasteiger partial charge in [-0.1, -0.05) is 12.1 Å². The van der Waals surface area contributed by atoms with Crippen molar-refractivity contribution < 1.29 is 27.1 Å². The number of para-hydroxylation sites is 1. The standard InChI is InChI=1S/C23H25FN4O5S/c24-17-4-1-2-5-19(17)26-10-12-27(13-11-26)23(30)20-6-3-9-28(20)34(31,32)16-7-8-21-18(14-16)25-22(29)15-33-21/h1-2,4-5,7-8,14,20H,3,6,9-13,15H2,(H,25,29). The molecular weight excluding hydrogens is 463 g/mol. The molecule has 180 valence electrons. The maximum Gasteiger partial charge on any atom is 0.262 e. The van der Waals surface area contributed by atoms with E-state index in [2.05, 4.69) is 5.32 Å². The maximum atomic E-state index is 14.1. The topological polar surface area (TPSA) is 99.3 Å². The number of sulfonamides is 1. The molecule has 0 aliphatic carbocycles. The van der Waals surface area contributed by atoms with E-state index in [0.29, 0.717) is 56.1 Å². The van der Waals surface area contributed by atoms with Gasteiger partial charge in [0.15, 0.2) is 6.61 Å². The van der Waals surface area contributed by atoms with Gasteiger partial charge in [0.1, 0.15) is 17.6 Å². The molecule has 2 fully saturated rings. The molecule has 2 saturated heterocycles. The molecule has 9 nitrogen and oxygen atoms in total. The molecule has 2 aromatic carbocycles. The van der Waals surface area contributed by atoms with Crippen LogP contribution in [0.5, 0.6) is 5.75 Å². The zero-order chi connectivity index (χ0) is 23.9. The number of hydrogen-bond acceptors (Lipinski definition) is 6. The number of anilines is 2. The van der Waals surface area contributed by atoms with E-state index in [-0.39, 0.29) is 35.7 Å². The fraction of sp³-hybridized carbons (Fsp3) is 0.391. The monoisotopic (exact) mass is 488 g/mol. The fourth-order valence-corrected chi connectivity index (χ4v) is 6.40. The molecule has 0 saturated carbocycles. The second-order valence-corrected chi connectivity index (χ2v) is 10.4. The number of benzene rings is 2. The summed E-state index contributed by atoms with van der Waals surface area (Å²) in [5, 5.41) is 2.62. The van der Waals surface area contributed by atoms with E-state index in [0.717, 1.165) is 0 Å². The molecule has 0 spiro atoms. The lowest BCUT2D eigenvalue weighted by molar-refractivity contribution is -0.134. The number of hydrogen-bond donors (Lipinski definition) is 1. The first-order valence-corrected chi connectivity index (χ1v) is 12.7. The molecule has 1 atom stereocenters. The average molecular weight is 489 g/mol. The molecule has 3 heterocycles. The Morgan fingerprint density at radius 2 is 1.82 bits per heavy atom. The summed E-state index contributed by atoms with van der Waals surface area (Å²) in [7, 11) is -3.96. The van der Waals surface area contributed by atoms with Gasteiger partial charge >= 0.3 is 0 Å². The largest absolute Gasteiger partial charge is 0.482 e. The molecule has 5 rings (SSSR count). The first-order valence-electron chi connectivity index (χ1n) is 11.2. The lowest BCUT2D eigenvalue weighted by atomic mass is 10.1. The van der Waals surface area contributed by atoms with E-state index >= 15 is 0 Å². The van der Waals surface area contributed by atoms with E-state index < -0.39 is 16.1 Å². The summed E-state index contributed by atoms with van der Waals surface area (Å²) in [6.45, 7) is 1.84. The van der Waals surface area contributed by atoms with Crippen molar-refractivity contribution in [3.8, 4) is 5.75 Å². The van der Waals surface area contributed by atoms with Crippen molar-refractivity contribution in [2.24, 2.45) is 0 Å². The number of fused-ring (bicyclic) bond motifs is 1. The molecule has 11 heteroatoms. The quantitative estimate of drug-likeness (QED) is 0.703. The van der Waals surface area contributed by atoms with Crippen LogP contribution in [0.25, 0.3) is 0 Å². The molecule has 0 radical (unpaired) electrons. The Kier molecular flexibility index (Phi) is 5.90.